The third-order valence-corrected chi connectivity index (χ3v) is 9.37. The van der Waals surface area contributed by atoms with E-state index in [-0.39, 0.29) is 29.2 Å². The molecule has 1 unspecified atom stereocenters. The van der Waals surface area contributed by atoms with Gasteiger partial charge in [0.25, 0.3) is 0 Å². The first-order valence-corrected chi connectivity index (χ1v) is 10.9. The highest BCUT2D eigenvalue weighted by Crippen LogP contribution is 2.70. The standard InChI is InChI=1S/C19H24N4O2S/c1-18(2)14-8-9-19(18)12-26(24,25)23(16(19)10-14)11-17-20-13-22(21-17)15-6-4-3-5-7-15/h3-7,13-14,16H,8-12H2,1-2H3/t14-,16+,19?/m1/s1. The molecule has 3 aliphatic rings. The number of fused-ring (bicyclic) bond motifs is 1. The van der Waals surface area contributed by atoms with Crippen LogP contribution < -0.4 is 0 Å². The molecule has 7 heteroatoms. The summed E-state index contributed by atoms with van der Waals surface area (Å²) in [7, 11) is -3.27. The molecular weight excluding hydrogens is 348 g/mol. The van der Waals surface area contributed by atoms with Crippen molar-refractivity contribution in [1.82, 2.24) is 19.1 Å². The van der Waals surface area contributed by atoms with Crippen LogP contribution in [0.3, 0.4) is 0 Å². The Morgan fingerprint density at radius 3 is 2.73 bits per heavy atom. The Labute approximate surface area is 154 Å². The average molecular weight is 372 g/mol. The zero-order valence-corrected chi connectivity index (χ0v) is 16.0. The first-order valence-electron chi connectivity index (χ1n) is 9.29. The van der Waals surface area contributed by atoms with E-state index >= 15 is 0 Å². The van der Waals surface area contributed by atoms with Gasteiger partial charge in [-0.1, -0.05) is 32.0 Å². The van der Waals surface area contributed by atoms with Gasteiger partial charge in [0.1, 0.15) is 6.33 Å². The Hall–Kier alpha value is -1.73. The lowest BCUT2D eigenvalue weighted by molar-refractivity contribution is 0.111. The van der Waals surface area contributed by atoms with Crippen LogP contribution in [0.4, 0.5) is 0 Å². The third-order valence-electron chi connectivity index (χ3n) is 7.39. The molecule has 3 fully saturated rings. The number of hydrogen-bond acceptors (Lipinski definition) is 4. The predicted octanol–water partition coefficient (Wildman–Crippen LogP) is 2.61. The van der Waals surface area contributed by atoms with Crippen LogP contribution in [-0.4, -0.2) is 39.3 Å². The fourth-order valence-corrected chi connectivity index (χ4v) is 8.31. The molecule has 1 saturated heterocycles. The van der Waals surface area contributed by atoms with E-state index in [0.717, 1.165) is 24.9 Å². The van der Waals surface area contributed by atoms with E-state index in [9.17, 15) is 8.42 Å². The second kappa shape index (κ2) is 5.16. The first kappa shape index (κ1) is 16.4. The van der Waals surface area contributed by atoms with Crippen molar-refractivity contribution < 1.29 is 8.42 Å². The number of sulfonamides is 1. The van der Waals surface area contributed by atoms with Crippen LogP contribution >= 0.6 is 0 Å². The molecule has 2 bridgehead atoms. The summed E-state index contributed by atoms with van der Waals surface area (Å²) in [6, 6.07) is 9.86. The Kier molecular flexibility index (Phi) is 3.27. The smallest absolute Gasteiger partial charge is 0.215 e. The summed E-state index contributed by atoms with van der Waals surface area (Å²) in [6.07, 6.45) is 4.82. The van der Waals surface area contributed by atoms with Crippen LogP contribution in [0.2, 0.25) is 0 Å². The van der Waals surface area contributed by atoms with Crippen molar-refractivity contribution in [2.75, 3.05) is 5.75 Å². The van der Waals surface area contributed by atoms with Crippen LogP contribution in [0.1, 0.15) is 38.9 Å². The molecule has 2 aromatic rings. The molecule has 1 aromatic heterocycles. The third kappa shape index (κ3) is 2.04. The van der Waals surface area contributed by atoms with Crippen LogP contribution in [0.25, 0.3) is 5.69 Å². The van der Waals surface area contributed by atoms with E-state index in [4.69, 9.17) is 0 Å². The molecule has 2 aliphatic carbocycles. The molecule has 0 N–H and O–H groups in total. The van der Waals surface area contributed by atoms with Crippen molar-refractivity contribution in [1.29, 1.82) is 0 Å². The van der Waals surface area contributed by atoms with Gasteiger partial charge in [-0.25, -0.2) is 18.1 Å². The Balaban J connectivity index is 1.46. The van der Waals surface area contributed by atoms with Crippen molar-refractivity contribution >= 4 is 10.0 Å². The summed E-state index contributed by atoms with van der Waals surface area (Å²) in [5, 5.41) is 4.52. The second-order valence-corrected chi connectivity index (χ2v) is 10.5. The number of benzene rings is 1. The van der Waals surface area contributed by atoms with Gasteiger partial charge in [-0.05, 0) is 42.7 Å². The zero-order chi connectivity index (χ0) is 18.2. The van der Waals surface area contributed by atoms with Gasteiger partial charge in [-0.15, -0.1) is 5.10 Å². The summed E-state index contributed by atoms with van der Waals surface area (Å²) >= 11 is 0. The van der Waals surface area contributed by atoms with Crippen molar-refractivity contribution in [3.63, 3.8) is 0 Å². The highest BCUT2D eigenvalue weighted by atomic mass is 32.2. The Morgan fingerprint density at radius 2 is 2.00 bits per heavy atom. The first-order chi connectivity index (χ1) is 12.3. The van der Waals surface area contributed by atoms with Gasteiger partial charge in [-0.2, -0.15) is 4.31 Å². The molecule has 26 heavy (non-hydrogen) atoms. The second-order valence-electron chi connectivity index (χ2n) is 8.61. The highest BCUT2D eigenvalue weighted by Gasteiger charge is 2.71. The van der Waals surface area contributed by atoms with E-state index < -0.39 is 10.0 Å². The van der Waals surface area contributed by atoms with Gasteiger partial charge in [0.15, 0.2) is 5.82 Å². The van der Waals surface area contributed by atoms with E-state index in [1.54, 1.807) is 15.3 Å². The number of rotatable bonds is 3. The molecule has 0 amide bonds. The van der Waals surface area contributed by atoms with E-state index in [1.807, 2.05) is 30.3 Å². The normalized spacial score (nSPS) is 34.2. The summed E-state index contributed by atoms with van der Waals surface area (Å²) in [6.45, 7) is 4.81. The maximum atomic E-state index is 13.0. The summed E-state index contributed by atoms with van der Waals surface area (Å²) in [5.41, 5.74) is 0.919. The SMILES string of the molecule is CC1(C)[C@@H]2CCC13CS(=O)(=O)N(Cc1ncn(-c4ccccc4)n1)[C@H]3C2. The number of nitrogens with zero attached hydrogens (tertiary/aromatic N) is 4. The number of hydrogen-bond donors (Lipinski definition) is 0. The van der Waals surface area contributed by atoms with Crippen molar-refractivity contribution in [3.05, 3.63) is 42.5 Å². The molecule has 5 rings (SSSR count). The molecule has 6 nitrogen and oxygen atoms in total. The lowest BCUT2D eigenvalue weighted by atomic mass is 9.69. The van der Waals surface area contributed by atoms with Crippen LogP contribution in [-0.2, 0) is 16.6 Å². The van der Waals surface area contributed by atoms with Crippen molar-refractivity contribution in [3.8, 4) is 5.69 Å². The van der Waals surface area contributed by atoms with Crippen LogP contribution in [0, 0.1) is 16.7 Å². The Bertz CT molecular complexity index is 953. The Morgan fingerprint density at radius 1 is 1.23 bits per heavy atom. The van der Waals surface area contributed by atoms with Crippen molar-refractivity contribution in [2.24, 2.45) is 16.7 Å². The average Bonchev–Trinajstić information content (AvgIpc) is 3.28. The molecule has 1 aromatic carbocycles. The fraction of sp³-hybridized carbons (Fsp3) is 0.579. The van der Waals surface area contributed by atoms with Gasteiger partial charge in [0.2, 0.25) is 10.0 Å². The molecule has 0 radical (unpaired) electrons. The number of para-hydroxylation sites is 1. The zero-order valence-electron chi connectivity index (χ0n) is 15.2. The predicted molar refractivity (Wildman–Crippen MR) is 98.0 cm³/mol. The summed E-state index contributed by atoms with van der Waals surface area (Å²) in [4.78, 5) is 4.38. The molecule has 138 valence electrons. The molecule has 1 aliphatic heterocycles. The molecule has 3 atom stereocenters. The minimum Gasteiger partial charge on any atom is -0.221 e. The lowest BCUT2D eigenvalue weighted by Crippen LogP contribution is -2.41. The van der Waals surface area contributed by atoms with E-state index in [0.29, 0.717) is 11.7 Å². The maximum absolute atomic E-state index is 13.0. The monoisotopic (exact) mass is 372 g/mol. The van der Waals surface area contributed by atoms with E-state index in [1.165, 1.54) is 0 Å². The van der Waals surface area contributed by atoms with Crippen LogP contribution in [0.15, 0.2) is 36.7 Å². The fourth-order valence-electron chi connectivity index (χ4n) is 5.80. The molecular formula is C19H24N4O2S. The molecule has 2 heterocycles. The molecule has 2 saturated carbocycles. The van der Waals surface area contributed by atoms with Gasteiger partial charge in [-0.3, -0.25) is 0 Å². The topological polar surface area (TPSA) is 68.1 Å². The largest absolute Gasteiger partial charge is 0.221 e. The summed E-state index contributed by atoms with van der Waals surface area (Å²) < 4.78 is 29.4. The minimum atomic E-state index is -3.27. The summed E-state index contributed by atoms with van der Waals surface area (Å²) in [5.74, 6) is 1.48. The van der Waals surface area contributed by atoms with Gasteiger partial charge in [0.05, 0.1) is 18.0 Å². The van der Waals surface area contributed by atoms with Gasteiger partial charge < -0.3 is 0 Å². The number of aromatic nitrogens is 3. The quantitative estimate of drug-likeness (QED) is 0.831. The lowest BCUT2D eigenvalue weighted by Gasteiger charge is -2.37. The highest BCUT2D eigenvalue weighted by molar-refractivity contribution is 7.89. The molecule has 1 spiro atoms. The van der Waals surface area contributed by atoms with Gasteiger partial charge in [0, 0.05) is 11.5 Å². The van der Waals surface area contributed by atoms with Gasteiger partial charge >= 0.3 is 0 Å². The minimum absolute atomic E-state index is 0.0936. The van der Waals surface area contributed by atoms with E-state index in [2.05, 4.69) is 23.9 Å². The maximum Gasteiger partial charge on any atom is 0.215 e. The van der Waals surface area contributed by atoms with Crippen molar-refractivity contribution in [2.45, 2.75) is 45.7 Å². The van der Waals surface area contributed by atoms with Crippen LogP contribution in [0.5, 0.6) is 0 Å².